The van der Waals surface area contributed by atoms with E-state index in [1.54, 1.807) is 7.11 Å². The Hall–Kier alpha value is -2.14. The standard InChI is InChI=1S/C17H22N4O/c1-3-4-7-12(10-22-2)21-11-19-15-16(21)13-8-5-6-9-14(13)20-17(15)18/h5-6,8-9,11-12H,3-4,7,10H2,1-2H3,(H2,18,20). The summed E-state index contributed by atoms with van der Waals surface area (Å²) in [6.45, 7) is 2.87. The lowest BCUT2D eigenvalue weighted by Gasteiger charge is -2.19. The molecule has 0 spiro atoms. The van der Waals surface area contributed by atoms with E-state index in [9.17, 15) is 0 Å². The van der Waals surface area contributed by atoms with Crippen LogP contribution in [-0.4, -0.2) is 28.3 Å². The molecule has 0 fully saturated rings. The van der Waals surface area contributed by atoms with E-state index in [1.165, 1.54) is 0 Å². The highest BCUT2D eigenvalue weighted by Crippen LogP contribution is 2.30. The van der Waals surface area contributed by atoms with E-state index in [0.29, 0.717) is 12.4 Å². The molecule has 2 N–H and O–H groups in total. The first kappa shape index (κ1) is 14.8. The topological polar surface area (TPSA) is 66.0 Å². The number of ether oxygens (including phenoxy) is 1. The summed E-state index contributed by atoms with van der Waals surface area (Å²) in [7, 11) is 1.74. The van der Waals surface area contributed by atoms with Crippen molar-refractivity contribution in [3.05, 3.63) is 30.6 Å². The maximum atomic E-state index is 6.09. The summed E-state index contributed by atoms with van der Waals surface area (Å²) in [5, 5.41) is 1.09. The van der Waals surface area contributed by atoms with Crippen molar-refractivity contribution in [3.63, 3.8) is 0 Å². The van der Waals surface area contributed by atoms with Crippen LogP contribution in [0.5, 0.6) is 0 Å². The van der Waals surface area contributed by atoms with Gasteiger partial charge in [-0.25, -0.2) is 9.97 Å². The first-order chi connectivity index (χ1) is 10.8. The molecular weight excluding hydrogens is 276 g/mol. The highest BCUT2D eigenvalue weighted by molar-refractivity contribution is 6.06. The molecule has 0 radical (unpaired) electrons. The van der Waals surface area contributed by atoms with E-state index in [1.807, 2.05) is 24.5 Å². The van der Waals surface area contributed by atoms with Crippen molar-refractivity contribution in [1.29, 1.82) is 0 Å². The number of benzene rings is 1. The number of hydrogen-bond donors (Lipinski definition) is 1. The number of nitrogens with two attached hydrogens (primary N) is 1. The lowest BCUT2D eigenvalue weighted by molar-refractivity contribution is 0.151. The third-order valence-corrected chi connectivity index (χ3v) is 4.08. The molecule has 3 aromatic rings. The summed E-state index contributed by atoms with van der Waals surface area (Å²) < 4.78 is 7.62. The van der Waals surface area contributed by atoms with Crippen LogP contribution in [0.3, 0.4) is 0 Å². The van der Waals surface area contributed by atoms with E-state index in [-0.39, 0.29) is 6.04 Å². The molecule has 5 heteroatoms. The summed E-state index contributed by atoms with van der Waals surface area (Å²) >= 11 is 0. The number of hydrogen-bond acceptors (Lipinski definition) is 4. The Morgan fingerprint density at radius 2 is 2.14 bits per heavy atom. The number of pyridine rings is 1. The van der Waals surface area contributed by atoms with Crippen molar-refractivity contribution in [2.45, 2.75) is 32.2 Å². The molecule has 2 heterocycles. The third-order valence-electron chi connectivity index (χ3n) is 4.08. The van der Waals surface area contributed by atoms with Gasteiger partial charge < -0.3 is 15.0 Å². The molecule has 1 atom stereocenters. The first-order valence-corrected chi connectivity index (χ1v) is 7.76. The van der Waals surface area contributed by atoms with Crippen LogP contribution < -0.4 is 5.73 Å². The Morgan fingerprint density at radius 1 is 1.32 bits per heavy atom. The van der Waals surface area contributed by atoms with Crippen molar-refractivity contribution < 1.29 is 4.74 Å². The average Bonchev–Trinajstić information content (AvgIpc) is 2.97. The third kappa shape index (κ3) is 2.52. The number of para-hydroxylation sites is 1. The van der Waals surface area contributed by atoms with Gasteiger partial charge in [0.25, 0.3) is 0 Å². The van der Waals surface area contributed by atoms with Crippen molar-refractivity contribution in [2.75, 3.05) is 19.5 Å². The summed E-state index contributed by atoms with van der Waals surface area (Å²) in [5.74, 6) is 0.485. The second-order valence-corrected chi connectivity index (χ2v) is 5.61. The smallest absolute Gasteiger partial charge is 0.152 e. The van der Waals surface area contributed by atoms with E-state index in [2.05, 4.69) is 27.5 Å². The molecule has 0 aliphatic rings. The molecular formula is C17H22N4O. The average molecular weight is 298 g/mol. The molecule has 2 aromatic heterocycles. The summed E-state index contributed by atoms with van der Waals surface area (Å²) in [6, 6.07) is 8.32. The van der Waals surface area contributed by atoms with Gasteiger partial charge in [-0.05, 0) is 12.5 Å². The van der Waals surface area contributed by atoms with Crippen molar-refractivity contribution >= 4 is 27.8 Å². The second-order valence-electron chi connectivity index (χ2n) is 5.61. The number of nitrogen functional groups attached to an aromatic ring is 1. The van der Waals surface area contributed by atoms with Crippen LogP contribution in [0, 0.1) is 0 Å². The number of rotatable bonds is 6. The maximum Gasteiger partial charge on any atom is 0.152 e. The van der Waals surface area contributed by atoms with Gasteiger partial charge in [-0.1, -0.05) is 38.0 Å². The van der Waals surface area contributed by atoms with Gasteiger partial charge in [0.1, 0.15) is 5.52 Å². The number of unbranched alkanes of at least 4 members (excludes halogenated alkanes) is 1. The minimum atomic E-state index is 0.264. The minimum Gasteiger partial charge on any atom is -0.383 e. The minimum absolute atomic E-state index is 0.264. The molecule has 22 heavy (non-hydrogen) atoms. The van der Waals surface area contributed by atoms with Gasteiger partial charge in [0.15, 0.2) is 5.82 Å². The van der Waals surface area contributed by atoms with E-state index in [0.717, 1.165) is 41.2 Å². The number of nitrogens with zero attached hydrogens (tertiary/aromatic N) is 3. The zero-order valence-electron chi connectivity index (χ0n) is 13.1. The Kier molecular flexibility index (Phi) is 4.24. The van der Waals surface area contributed by atoms with Gasteiger partial charge in [-0.15, -0.1) is 0 Å². The lowest BCUT2D eigenvalue weighted by atomic mass is 10.1. The summed E-state index contributed by atoms with van der Waals surface area (Å²) in [6.07, 6.45) is 5.25. The van der Waals surface area contributed by atoms with Gasteiger partial charge in [-0.3, -0.25) is 0 Å². The predicted molar refractivity (Wildman–Crippen MR) is 89.9 cm³/mol. The molecule has 5 nitrogen and oxygen atoms in total. The van der Waals surface area contributed by atoms with Crippen molar-refractivity contribution in [3.8, 4) is 0 Å². The fourth-order valence-electron chi connectivity index (χ4n) is 2.98. The Labute approximate surface area is 130 Å². The van der Waals surface area contributed by atoms with Crippen LogP contribution in [0.25, 0.3) is 21.9 Å². The zero-order valence-corrected chi connectivity index (χ0v) is 13.1. The molecule has 0 bridgehead atoms. The second kappa shape index (κ2) is 6.32. The number of fused-ring (bicyclic) bond motifs is 3. The van der Waals surface area contributed by atoms with Crippen LogP contribution in [0.15, 0.2) is 30.6 Å². The first-order valence-electron chi connectivity index (χ1n) is 7.76. The Morgan fingerprint density at radius 3 is 2.91 bits per heavy atom. The molecule has 1 unspecified atom stereocenters. The lowest BCUT2D eigenvalue weighted by Crippen LogP contribution is -2.14. The van der Waals surface area contributed by atoms with Crippen LogP contribution in [-0.2, 0) is 4.74 Å². The molecule has 3 rings (SSSR count). The van der Waals surface area contributed by atoms with Crippen molar-refractivity contribution in [1.82, 2.24) is 14.5 Å². The Balaban J connectivity index is 2.20. The predicted octanol–water partition coefficient (Wildman–Crippen LogP) is 3.54. The quantitative estimate of drug-likeness (QED) is 0.756. The number of anilines is 1. The number of methoxy groups -OCH3 is 1. The monoisotopic (exact) mass is 298 g/mol. The molecule has 0 aliphatic carbocycles. The van der Waals surface area contributed by atoms with Gasteiger partial charge in [0, 0.05) is 12.5 Å². The molecule has 0 saturated carbocycles. The Bertz CT molecular complexity index is 781. The zero-order chi connectivity index (χ0) is 15.5. The van der Waals surface area contributed by atoms with E-state index in [4.69, 9.17) is 10.5 Å². The molecule has 0 amide bonds. The molecule has 0 aliphatic heterocycles. The SMILES string of the molecule is CCCCC(COC)n1cnc2c(N)nc3ccccc3c21. The van der Waals surface area contributed by atoms with Gasteiger partial charge >= 0.3 is 0 Å². The highest BCUT2D eigenvalue weighted by Gasteiger charge is 2.18. The van der Waals surface area contributed by atoms with Crippen molar-refractivity contribution in [2.24, 2.45) is 0 Å². The number of aromatic nitrogens is 3. The van der Waals surface area contributed by atoms with Gasteiger partial charge in [0.2, 0.25) is 0 Å². The summed E-state index contributed by atoms with van der Waals surface area (Å²) in [4.78, 5) is 8.95. The molecule has 0 saturated heterocycles. The fraction of sp³-hybridized carbons (Fsp3) is 0.412. The van der Waals surface area contributed by atoms with E-state index >= 15 is 0 Å². The fourth-order valence-corrected chi connectivity index (χ4v) is 2.98. The van der Waals surface area contributed by atoms with E-state index < -0.39 is 0 Å². The number of imidazole rings is 1. The maximum absolute atomic E-state index is 6.09. The van der Waals surface area contributed by atoms with Crippen LogP contribution in [0.1, 0.15) is 32.2 Å². The van der Waals surface area contributed by atoms with Crippen LogP contribution in [0.4, 0.5) is 5.82 Å². The van der Waals surface area contributed by atoms with Crippen LogP contribution >= 0.6 is 0 Å². The molecule has 1 aromatic carbocycles. The molecule has 116 valence electrons. The normalized spacial score (nSPS) is 13.0. The summed E-state index contributed by atoms with van der Waals surface area (Å²) in [5.41, 5.74) is 8.83. The van der Waals surface area contributed by atoms with Gasteiger partial charge in [-0.2, -0.15) is 0 Å². The highest BCUT2D eigenvalue weighted by atomic mass is 16.5. The van der Waals surface area contributed by atoms with Gasteiger partial charge in [0.05, 0.1) is 30.0 Å². The van der Waals surface area contributed by atoms with Crippen LogP contribution in [0.2, 0.25) is 0 Å². The largest absolute Gasteiger partial charge is 0.383 e.